The summed E-state index contributed by atoms with van der Waals surface area (Å²) in [6.07, 6.45) is 0.437. The molecular weight excluding hydrogens is 470 g/mol. The number of ether oxygens (including phenoxy) is 1. The van der Waals surface area contributed by atoms with E-state index in [4.69, 9.17) is 16.3 Å². The van der Waals surface area contributed by atoms with Gasteiger partial charge in [0.15, 0.2) is 0 Å². The van der Waals surface area contributed by atoms with Gasteiger partial charge in [0.05, 0.1) is 12.4 Å². The first-order chi connectivity index (χ1) is 16.5. The number of methoxy groups -OCH3 is 1. The number of hydrogen-bond acceptors (Lipinski definition) is 5. The normalized spacial score (nSPS) is 16.7. The van der Waals surface area contributed by atoms with Crippen LogP contribution in [-0.4, -0.2) is 24.2 Å². The first-order valence-electron chi connectivity index (χ1n) is 10.4. The third kappa shape index (κ3) is 5.09. The molecule has 0 saturated carbocycles. The van der Waals surface area contributed by atoms with Gasteiger partial charge in [-0.25, -0.2) is 0 Å². The Labute approximate surface area is 206 Å². The SMILES string of the molecule is COc1ccc(NC(=O)/C(C#N)=C2\SC(Cc3ccc(Cl)cc3)C(=O)N2c2ccccc2)cc1. The molecule has 3 aromatic carbocycles. The Bertz CT molecular complexity index is 1270. The summed E-state index contributed by atoms with van der Waals surface area (Å²) < 4.78 is 5.14. The zero-order chi connectivity index (χ0) is 24.1. The van der Waals surface area contributed by atoms with Gasteiger partial charge in [-0.05, 0) is 60.5 Å². The summed E-state index contributed by atoms with van der Waals surface area (Å²) in [4.78, 5) is 28.0. The number of carbonyl (C=O) groups excluding carboxylic acids is 2. The Morgan fingerprint density at radius 1 is 1.09 bits per heavy atom. The molecule has 0 spiro atoms. The minimum atomic E-state index is -0.587. The number of carbonyl (C=O) groups is 2. The average Bonchev–Trinajstić information content (AvgIpc) is 3.17. The van der Waals surface area contributed by atoms with Crippen LogP contribution in [0.3, 0.4) is 0 Å². The number of amides is 2. The Balaban J connectivity index is 1.68. The molecule has 2 amide bonds. The van der Waals surface area contributed by atoms with E-state index in [0.717, 1.165) is 5.56 Å². The molecule has 1 fully saturated rings. The summed E-state index contributed by atoms with van der Waals surface area (Å²) in [7, 11) is 1.55. The number of para-hydroxylation sites is 1. The van der Waals surface area contributed by atoms with Crippen molar-refractivity contribution < 1.29 is 14.3 Å². The van der Waals surface area contributed by atoms with Crippen molar-refractivity contribution in [1.29, 1.82) is 5.26 Å². The molecule has 1 aliphatic heterocycles. The number of nitrogens with zero attached hydrogens (tertiary/aromatic N) is 2. The lowest BCUT2D eigenvalue weighted by Gasteiger charge is -2.18. The predicted molar refractivity (Wildman–Crippen MR) is 135 cm³/mol. The van der Waals surface area contributed by atoms with E-state index >= 15 is 0 Å². The zero-order valence-corrected chi connectivity index (χ0v) is 19.8. The van der Waals surface area contributed by atoms with Crippen molar-refractivity contribution in [3.63, 3.8) is 0 Å². The summed E-state index contributed by atoms with van der Waals surface area (Å²) in [5.74, 6) is -0.128. The van der Waals surface area contributed by atoms with Crippen molar-refractivity contribution in [1.82, 2.24) is 0 Å². The van der Waals surface area contributed by atoms with Crippen molar-refractivity contribution in [3.05, 3.63) is 100 Å². The van der Waals surface area contributed by atoms with Crippen LogP contribution in [0.4, 0.5) is 11.4 Å². The van der Waals surface area contributed by atoms with Gasteiger partial charge in [0.25, 0.3) is 5.91 Å². The first kappa shape index (κ1) is 23.4. The van der Waals surface area contributed by atoms with Crippen LogP contribution in [0.2, 0.25) is 5.02 Å². The van der Waals surface area contributed by atoms with E-state index in [0.29, 0.717) is 33.6 Å². The second-order valence-electron chi connectivity index (χ2n) is 7.42. The topological polar surface area (TPSA) is 82.4 Å². The number of benzene rings is 3. The molecule has 0 radical (unpaired) electrons. The fourth-order valence-electron chi connectivity index (χ4n) is 3.50. The molecule has 34 heavy (non-hydrogen) atoms. The Kier molecular flexibility index (Phi) is 7.21. The molecule has 170 valence electrons. The highest BCUT2D eigenvalue weighted by Gasteiger charge is 2.40. The lowest BCUT2D eigenvalue weighted by Crippen LogP contribution is -2.30. The predicted octanol–water partition coefficient (Wildman–Crippen LogP) is 5.41. The van der Waals surface area contributed by atoms with Crippen molar-refractivity contribution in [3.8, 4) is 11.8 Å². The quantitative estimate of drug-likeness (QED) is 0.369. The molecule has 1 N–H and O–H groups in total. The highest BCUT2D eigenvalue weighted by atomic mass is 35.5. The van der Waals surface area contributed by atoms with Gasteiger partial charge in [-0.15, -0.1) is 0 Å². The second kappa shape index (κ2) is 10.5. The zero-order valence-electron chi connectivity index (χ0n) is 18.2. The molecule has 0 aromatic heterocycles. The number of nitrogens with one attached hydrogen (secondary N) is 1. The van der Waals surface area contributed by atoms with E-state index in [1.54, 1.807) is 67.8 Å². The van der Waals surface area contributed by atoms with E-state index in [-0.39, 0.29) is 11.5 Å². The van der Waals surface area contributed by atoms with Crippen LogP contribution in [0.1, 0.15) is 5.56 Å². The molecule has 6 nitrogen and oxygen atoms in total. The van der Waals surface area contributed by atoms with Gasteiger partial charge in [0.2, 0.25) is 5.91 Å². The van der Waals surface area contributed by atoms with E-state index in [1.807, 2.05) is 24.3 Å². The summed E-state index contributed by atoms with van der Waals surface area (Å²) >= 11 is 7.20. The maximum Gasteiger partial charge on any atom is 0.269 e. The van der Waals surface area contributed by atoms with Gasteiger partial charge in [0.1, 0.15) is 22.4 Å². The largest absolute Gasteiger partial charge is 0.497 e. The van der Waals surface area contributed by atoms with E-state index in [2.05, 4.69) is 5.32 Å². The van der Waals surface area contributed by atoms with E-state index in [9.17, 15) is 14.9 Å². The lowest BCUT2D eigenvalue weighted by atomic mass is 10.1. The Hall–Kier alpha value is -3.73. The molecule has 1 atom stereocenters. The molecule has 4 rings (SSSR count). The first-order valence-corrected chi connectivity index (χ1v) is 11.7. The monoisotopic (exact) mass is 489 g/mol. The third-order valence-electron chi connectivity index (χ3n) is 5.20. The van der Waals surface area contributed by atoms with Gasteiger partial charge < -0.3 is 10.1 Å². The fraction of sp³-hybridized carbons (Fsp3) is 0.115. The molecular formula is C26H20ClN3O3S. The van der Waals surface area contributed by atoms with Crippen LogP contribution >= 0.6 is 23.4 Å². The molecule has 0 bridgehead atoms. The van der Waals surface area contributed by atoms with Gasteiger partial charge in [0, 0.05) is 16.4 Å². The van der Waals surface area contributed by atoms with Gasteiger partial charge in [-0.3, -0.25) is 14.5 Å². The van der Waals surface area contributed by atoms with Crippen LogP contribution in [0.5, 0.6) is 5.75 Å². The minimum Gasteiger partial charge on any atom is -0.497 e. The Morgan fingerprint density at radius 2 is 1.76 bits per heavy atom. The molecule has 1 saturated heterocycles. The van der Waals surface area contributed by atoms with Gasteiger partial charge >= 0.3 is 0 Å². The maximum absolute atomic E-state index is 13.4. The van der Waals surface area contributed by atoms with E-state index < -0.39 is 11.2 Å². The Morgan fingerprint density at radius 3 is 2.38 bits per heavy atom. The van der Waals surface area contributed by atoms with Crippen molar-refractivity contribution in [2.24, 2.45) is 0 Å². The third-order valence-corrected chi connectivity index (χ3v) is 6.72. The molecule has 1 heterocycles. The van der Waals surface area contributed by atoms with E-state index in [1.165, 1.54) is 16.7 Å². The number of thioether (sulfide) groups is 1. The summed E-state index contributed by atoms with van der Waals surface area (Å²) in [5, 5.41) is 13.1. The lowest BCUT2D eigenvalue weighted by molar-refractivity contribution is -0.117. The molecule has 1 unspecified atom stereocenters. The van der Waals surface area contributed by atoms with Crippen LogP contribution < -0.4 is 15.0 Å². The number of rotatable bonds is 6. The van der Waals surface area contributed by atoms with Crippen LogP contribution in [0.15, 0.2) is 89.5 Å². The number of anilines is 2. The highest BCUT2D eigenvalue weighted by molar-refractivity contribution is 8.05. The standard InChI is InChI=1S/C26H20ClN3O3S/c1-33-21-13-11-19(12-14-21)29-24(31)22(16-28)26-30(20-5-3-2-4-6-20)25(32)23(34-26)15-17-7-9-18(27)10-8-17/h2-14,23H,15H2,1H3,(H,29,31)/b26-22-. The van der Waals surface area contributed by atoms with Gasteiger partial charge in [-0.1, -0.05) is 53.7 Å². The van der Waals surface area contributed by atoms with Crippen LogP contribution in [0.25, 0.3) is 0 Å². The number of nitriles is 1. The van der Waals surface area contributed by atoms with Gasteiger partial charge in [-0.2, -0.15) is 5.26 Å². The van der Waals surface area contributed by atoms with Crippen LogP contribution in [-0.2, 0) is 16.0 Å². The minimum absolute atomic E-state index is 0.128. The summed E-state index contributed by atoms with van der Waals surface area (Å²) in [6, 6.07) is 25.1. The van der Waals surface area contributed by atoms with Crippen molar-refractivity contribution in [2.45, 2.75) is 11.7 Å². The van der Waals surface area contributed by atoms with Crippen molar-refractivity contribution >= 4 is 46.6 Å². The smallest absolute Gasteiger partial charge is 0.269 e. The maximum atomic E-state index is 13.4. The number of halogens is 1. The summed E-state index contributed by atoms with van der Waals surface area (Å²) in [5.41, 5.74) is 1.92. The van der Waals surface area contributed by atoms with Crippen LogP contribution in [0, 0.1) is 11.3 Å². The van der Waals surface area contributed by atoms with Crippen molar-refractivity contribution in [2.75, 3.05) is 17.3 Å². The molecule has 0 aliphatic carbocycles. The fourth-order valence-corrected chi connectivity index (χ4v) is 4.94. The molecule has 3 aromatic rings. The average molecular weight is 490 g/mol. The number of hydrogen-bond donors (Lipinski definition) is 1. The molecule has 1 aliphatic rings. The highest BCUT2D eigenvalue weighted by Crippen LogP contribution is 2.42. The second-order valence-corrected chi connectivity index (χ2v) is 9.05. The summed E-state index contributed by atoms with van der Waals surface area (Å²) in [6.45, 7) is 0. The molecule has 8 heteroatoms.